The number of amides is 1. The summed E-state index contributed by atoms with van der Waals surface area (Å²) in [6, 6.07) is 4.72. The zero-order valence-corrected chi connectivity index (χ0v) is 12.4. The lowest BCUT2D eigenvalue weighted by Gasteiger charge is -2.31. The van der Waals surface area contributed by atoms with Crippen molar-refractivity contribution in [2.45, 2.75) is 32.3 Å². The highest BCUT2D eigenvalue weighted by atomic mass is 19.1. The molecule has 2 rings (SSSR count). The lowest BCUT2D eigenvalue weighted by atomic mass is 9.96. The van der Waals surface area contributed by atoms with Gasteiger partial charge in [0.2, 0.25) is 5.91 Å². The molecule has 1 atom stereocenters. The number of halogens is 1. The molecule has 1 saturated heterocycles. The Labute approximate surface area is 124 Å². The highest BCUT2D eigenvalue weighted by Crippen LogP contribution is 2.22. The van der Waals surface area contributed by atoms with Crippen LogP contribution < -0.4 is 5.73 Å². The Balaban J connectivity index is 1.80. The lowest BCUT2D eigenvalue weighted by molar-refractivity contribution is -0.123. The van der Waals surface area contributed by atoms with E-state index in [1.807, 2.05) is 0 Å². The second-order valence-corrected chi connectivity index (χ2v) is 5.83. The van der Waals surface area contributed by atoms with Gasteiger partial charge in [-0.05, 0) is 56.5 Å². The molecule has 0 saturated carbocycles. The first-order valence-corrected chi connectivity index (χ1v) is 7.43. The van der Waals surface area contributed by atoms with Crippen molar-refractivity contribution in [3.8, 4) is 0 Å². The molecule has 1 aromatic carbocycles. The summed E-state index contributed by atoms with van der Waals surface area (Å²) in [5.74, 6) is -0.470. The Bertz CT molecular complexity index is 499. The van der Waals surface area contributed by atoms with Crippen LogP contribution in [0, 0.1) is 18.7 Å². The summed E-state index contributed by atoms with van der Waals surface area (Å²) in [7, 11) is 0. The largest absolute Gasteiger partial charge is 0.388 e. The van der Waals surface area contributed by atoms with E-state index in [-0.39, 0.29) is 17.6 Å². The lowest BCUT2D eigenvalue weighted by Crippen LogP contribution is -2.39. The molecule has 0 spiro atoms. The van der Waals surface area contributed by atoms with E-state index in [9.17, 15) is 14.3 Å². The molecule has 0 bridgehead atoms. The maximum absolute atomic E-state index is 13.2. The van der Waals surface area contributed by atoms with Crippen LogP contribution in [0.3, 0.4) is 0 Å². The SMILES string of the molecule is Cc1cc(C(O)CCN2CCC(C(N)=O)CC2)ccc1F. The molecule has 0 aliphatic carbocycles. The van der Waals surface area contributed by atoms with Crippen LogP contribution in [0.25, 0.3) is 0 Å². The molecule has 1 amide bonds. The molecule has 5 heteroatoms. The van der Waals surface area contributed by atoms with Gasteiger partial charge in [0, 0.05) is 12.5 Å². The zero-order valence-electron chi connectivity index (χ0n) is 12.4. The quantitative estimate of drug-likeness (QED) is 0.869. The number of primary amides is 1. The molecule has 1 aliphatic rings. The number of benzene rings is 1. The molecule has 4 nitrogen and oxygen atoms in total. The van der Waals surface area contributed by atoms with Crippen molar-refractivity contribution in [1.29, 1.82) is 0 Å². The normalized spacial score (nSPS) is 18.6. The fourth-order valence-corrected chi connectivity index (χ4v) is 2.79. The average Bonchev–Trinajstić information content (AvgIpc) is 2.48. The summed E-state index contributed by atoms with van der Waals surface area (Å²) in [6.07, 6.45) is 1.60. The van der Waals surface area contributed by atoms with Crippen LogP contribution in [-0.2, 0) is 4.79 Å². The maximum atomic E-state index is 13.2. The van der Waals surface area contributed by atoms with E-state index in [1.165, 1.54) is 6.07 Å². The van der Waals surface area contributed by atoms with Gasteiger partial charge >= 0.3 is 0 Å². The van der Waals surface area contributed by atoms with Crippen LogP contribution in [0.4, 0.5) is 4.39 Å². The fourth-order valence-electron chi connectivity index (χ4n) is 2.79. The standard InChI is InChI=1S/C16H23FN2O2/c1-11-10-13(2-3-14(11)17)15(20)6-9-19-7-4-12(5-8-19)16(18)21/h2-3,10,12,15,20H,4-9H2,1H3,(H2,18,21). The molecule has 1 aliphatic heterocycles. The number of aliphatic hydroxyl groups excluding tert-OH is 1. The third kappa shape index (κ3) is 4.25. The van der Waals surface area contributed by atoms with Crippen LogP contribution in [-0.4, -0.2) is 35.5 Å². The smallest absolute Gasteiger partial charge is 0.220 e. The Kier molecular flexibility index (Phi) is 5.31. The van der Waals surface area contributed by atoms with Gasteiger partial charge in [-0.25, -0.2) is 4.39 Å². The maximum Gasteiger partial charge on any atom is 0.220 e. The van der Waals surface area contributed by atoms with E-state index < -0.39 is 6.10 Å². The van der Waals surface area contributed by atoms with Gasteiger partial charge in [0.25, 0.3) is 0 Å². The van der Waals surface area contributed by atoms with Crippen molar-refractivity contribution in [2.24, 2.45) is 11.7 Å². The van der Waals surface area contributed by atoms with Crippen molar-refractivity contribution in [2.75, 3.05) is 19.6 Å². The molecule has 3 N–H and O–H groups in total. The average molecular weight is 294 g/mol. The first kappa shape index (κ1) is 15.9. The van der Waals surface area contributed by atoms with E-state index in [1.54, 1.807) is 19.1 Å². The highest BCUT2D eigenvalue weighted by Gasteiger charge is 2.23. The van der Waals surface area contributed by atoms with Gasteiger partial charge in [-0.1, -0.05) is 12.1 Å². The second kappa shape index (κ2) is 7.00. The zero-order chi connectivity index (χ0) is 15.4. The number of nitrogens with two attached hydrogens (primary N) is 1. The Morgan fingerprint density at radius 2 is 2.14 bits per heavy atom. The molecule has 0 aromatic heterocycles. The Morgan fingerprint density at radius 1 is 1.48 bits per heavy atom. The summed E-state index contributed by atoms with van der Waals surface area (Å²) in [4.78, 5) is 13.3. The van der Waals surface area contributed by atoms with Crippen LogP contribution in [0.2, 0.25) is 0 Å². The number of piperidine rings is 1. The molecule has 1 heterocycles. The Hall–Kier alpha value is -1.46. The van der Waals surface area contributed by atoms with Crippen molar-refractivity contribution < 1.29 is 14.3 Å². The molecule has 0 radical (unpaired) electrons. The van der Waals surface area contributed by atoms with Gasteiger partial charge in [-0.15, -0.1) is 0 Å². The monoisotopic (exact) mass is 294 g/mol. The van der Waals surface area contributed by atoms with Crippen LogP contribution >= 0.6 is 0 Å². The topological polar surface area (TPSA) is 66.6 Å². The number of rotatable bonds is 5. The first-order valence-electron chi connectivity index (χ1n) is 7.43. The van der Waals surface area contributed by atoms with Crippen LogP contribution in [0.15, 0.2) is 18.2 Å². The van der Waals surface area contributed by atoms with Gasteiger partial charge in [-0.3, -0.25) is 4.79 Å². The number of hydrogen-bond donors (Lipinski definition) is 2. The summed E-state index contributed by atoms with van der Waals surface area (Å²) < 4.78 is 13.2. The minimum absolute atomic E-state index is 0.00841. The predicted molar refractivity (Wildman–Crippen MR) is 79.1 cm³/mol. The number of aryl methyl sites for hydroxylation is 1. The third-order valence-electron chi connectivity index (χ3n) is 4.28. The molecule has 1 unspecified atom stereocenters. The van der Waals surface area contributed by atoms with E-state index in [0.717, 1.165) is 38.0 Å². The molecule has 1 fully saturated rings. The van der Waals surface area contributed by atoms with E-state index in [2.05, 4.69) is 4.90 Å². The number of carbonyl (C=O) groups excluding carboxylic acids is 1. The number of nitrogens with zero attached hydrogens (tertiary/aromatic N) is 1. The summed E-state index contributed by atoms with van der Waals surface area (Å²) in [5.41, 5.74) is 6.61. The van der Waals surface area contributed by atoms with E-state index in [0.29, 0.717) is 12.0 Å². The summed E-state index contributed by atoms with van der Waals surface area (Å²) >= 11 is 0. The number of hydrogen-bond acceptors (Lipinski definition) is 3. The fraction of sp³-hybridized carbons (Fsp3) is 0.562. The molecule has 116 valence electrons. The molecule has 21 heavy (non-hydrogen) atoms. The molecular formula is C16H23FN2O2. The van der Waals surface area contributed by atoms with Crippen molar-refractivity contribution >= 4 is 5.91 Å². The molecule has 1 aromatic rings. The number of carbonyl (C=O) groups is 1. The Morgan fingerprint density at radius 3 is 2.71 bits per heavy atom. The first-order chi connectivity index (χ1) is 9.97. The van der Waals surface area contributed by atoms with Crippen molar-refractivity contribution in [3.05, 3.63) is 35.1 Å². The van der Waals surface area contributed by atoms with Crippen LogP contribution in [0.5, 0.6) is 0 Å². The van der Waals surface area contributed by atoms with Crippen molar-refractivity contribution in [1.82, 2.24) is 4.90 Å². The second-order valence-electron chi connectivity index (χ2n) is 5.83. The number of likely N-dealkylation sites (tertiary alicyclic amines) is 1. The van der Waals surface area contributed by atoms with Gasteiger partial charge < -0.3 is 15.7 Å². The number of aliphatic hydroxyl groups is 1. The minimum Gasteiger partial charge on any atom is -0.388 e. The van der Waals surface area contributed by atoms with E-state index in [4.69, 9.17) is 5.73 Å². The van der Waals surface area contributed by atoms with Gasteiger partial charge in [0.05, 0.1) is 6.10 Å². The molecular weight excluding hydrogens is 271 g/mol. The third-order valence-corrected chi connectivity index (χ3v) is 4.28. The van der Waals surface area contributed by atoms with Gasteiger partial charge in [0.1, 0.15) is 5.82 Å². The van der Waals surface area contributed by atoms with Gasteiger partial charge in [0.15, 0.2) is 0 Å². The predicted octanol–water partition coefficient (Wildman–Crippen LogP) is 1.75. The van der Waals surface area contributed by atoms with Crippen LogP contribution in [0.1, 0.15) is 36.5 Å². The minimum atomic E-state index is -0.585. The van der Waals surface area contributed by atoms with E-state index >= 15 is 0 Å². The van der Waals surface area contributed by atoms with Crippen molar-refractivity contribution in [3.63, 3.8) is 0 Å². The van der Waals surface area contributed by atoms with Gasteiger partial charge in [-0.2, -0.15) is 0 Å². The highest BCUT2D eigenvalue weighted by molar-refractivity contribution is 5.76. The summed E-state index contributed by atoms with van der Waals surface area (Å²) in [5, 5.41) is 10.2. The summed E-state index contributed by atoms with van der Waals surface area (Å²) in [6.45, 7) is 4.13.